The number of nitrogens with zero attached hydrogens (tertiary/aromatic N) is 4. The van der Waals surface area contributed by atoms with Crippen molar-refractivity contribution in [1.29, 1.82) is 0 Å². The summed E-state index contributed by atoms with van der Waals surface area (Å²) in [6, 6.07) is 7.29. The standard InChI is InChI=1S/C20H25N5O3/c1-20(2,3)21-12-7-8-25(11-12)18-6-5-14(22-23-18)13-9-17-15(10-16(13)26)24(4)19(27)28-17/h5-6,9-10,12,21,26H,7-8,11H2,1-4H3. The number of rotatable bonds is 3. The number of benzene rings is 1. The molecular weight excluding hydrogens is 358 g/mol. The molecule has 0 saturated carbocycles. The van der Waals surface area contributed by atoms with Crippen LogP contribution in [0.15, 0.2) is 33.5 Å². The monoisotopic (exact) mass is 383 g/mol. The molecule has 8 nitrogen and oxygen atoms in total. The molecule has 1 unspecified atom stereocenters. The zero-order chi connectivity index (χ0) is 20.1. The van der Waals surface area contributed by atoms with E-state index in [2.05, 4.69) is 41.2 Å². The van der Waals surface area contributed by atoms with Crippen molar-refractivity contribution in [3.8, 4) is 17.0 Å². The molecule has 8 heteroatoms. The Bertz CT molecular complexity index is 1060. The van der Waals surface area contributed by atoms with Gasteiger partial charge in [0.15, 0.2) is 11.4 Å². The summed E-state index contributed by atoms with van der Waals surface area (Å²) in [6.07, 6.45) is 1.06. The SMILES string of the molecule is Cn1c(=O)oc2cc(-c3ccc(N4CCC(NC(C)(C)C)C4)nn3)c(O)cc21. The number of hydrogen-bond donors (Lipinski definition) is 2. The minimum absolute atomic E-state index is 0.0292. The van der Waals surface area contributed by atoms with Gasteiger partial charge in [0.1, 0.15) is 5.75 Å². The molecule has 1 saturated heterocycles. The average Bonchev–Trinajstić information content (AvgIpc) is 3.19. The third-order valence-electron chi connectivity index (χ3n) is 4.99. The lowest BCUT2D eigenvalue weighted by Crippen LogP contribution is -2.45. The first-order valence-electron chi connectivity index (χ1n) is 9.40. The van der Waals surface area contributed by atoms with Gasteiger partial charge >= 0.3 is 5.76 Å². The summed E-state index contributed by atoms with van der Waals surface area (Å²) < 4.78 is 6.56. The highest BCUT2D eigenvalue weighted by molar-refractivity contribution is 5.83. The second-order valence-corrected chi connectivity index (χ2v) is 8.37. The minimum atomic E-state index is -0.472. The Morgan fingerprint density at radius 2 is 2.04 bits per heavy atom. The van der Waals surface area contributed by atoms with E-state index in [1.165, 1.54) is 10.6 Å². The number of phenols is 1. The number of anilines is 1. The maximum atomic E-state index is 11.7. The maximum absolute atomic E-state index is 11.7. The van der Waals surface area contributed by atoms with E-state index in [0.29, 0.717) is 28.4 Å². The van der Waals surface area contributed by atoms with Crippen molar-refractivity contribution < 1.29 is 9.52 Å². The van der Waals surface area contributed by atoms with Gasteiger partial charge in [0.25, 0.3) is 0 Å². The second-order valence-electron chi connectivity index (χ2n) is 8.37. The van der Waals surface area contributed by atoms with Crippen LogP contribution in [-0.2, 0) is 7.05 Å². The van der Waals surface area contributed by atoms with Crippen molar-refractivity contribution in [3.05, 3.63) is 34.8 Å². The van der Waals surface area contributed by atoms with Crippen molar-refractivity contribution in [2.75, 3.05) is 18.0 Å². The number of aromatic nitrogens is 3. The largest absolute Gasteiger partial charge is 0.507 e. The van der Waals surface area contributed by atoms with Crippen LogP contribution < -0.4 is 16.0 Å². The van der Waals surface area contributed by atoms with Gasteiger partial charge in [-0.1, -0.05) is 0 Å². The van der Waals surface area contributed by atoms with E-state index in [1.807, 2.05) is 12.1 Å². The third-order valence-corrected chi connectivity index (χ3v) is 4.99. The molecule has 28 heavy (non-hydrogen) atoms. The summed E-state index contributed by atoms with van der Waals surface area (Å²) in [5.41, 5.74) is 2.03. The quantitative estimate of drug-likeness (QED) is 0.716. The van der Waals surface area contributed by atoms with Crippen molar-refractivity contribution in [3.63, 3.8) is 0 Å². The van der Waals surface area contributed by atoms with Crippen LogP contribution in [0.2, 0.25) is 0 Å². The van der Waals surface area contributed by atoms with E-state index in [-0.39, 0.29) is 11.3 Å². The molecule has 1 aliphatic rings. The summed E-state index contributed by atoms with van der Waals surface area (Å²) in [5, 5.41) is 22.6. The van der Waals surface area contributed by atoms with Gasteiger partial charge in [-0.25, -0.2) is 4.79 Å². The van der Waals surface area contributed by atoms with Crippen LogP contribution in [0.1, 0.15) is 27.2 Å². The Labute approximate surface area is 162 Å². The van der Waals surface area contributed by atoms with Gasteiger partial charge in [-0.3, -0.25) is 4.57 Å². The first-order valence-corrected chi connectivity index (χ1v) is 9.40. The number of oxazole rings is 1. The van der Waals surface area contributed by atoms with Crippen LogP contribution in [0.4, 0.5) is 5.82 Å². The summed E-state index contributed by atoms with van der Waals surface area (Å²) in [6.45, 7) is 8.32. The number of hydrogen-bond acceptors (Lipinski definition) is 7. The molecule has 0 bridgehead atoms. The molecule has 3 aromatic rings. The molecule has 1 aromatic carbocycles. The van der Waals surface area contributed by atoms with Gasteiger partial charge in [-0.05, 0) is 45.4 Å². The summed E-state index contributed by atoms with van der Waals surface area (Å²) in [5.74, 6) is 0.371. The fourth-order valence-corrected chi connectivity index (χ4v) is 3.70. The normalized spacial score (nSPS) is 17.6. The van der Waals surface area contributed by atoms with Gasteiger partial charge in [-0.15, -0.1) is 10.2 Å². The molecule has 0 radical (unpaired) electrons. The minimum Gasteiger partial charge on any atom is -0.507 e. The lowest BCUT2D eigenvalue weighted by Gasteiger charge is -2.26. The summed E-state index contributed by atoms with van der Waals surface area (Å²) in [7, 11) is 1.60. The van der Waals surface area contributed by atoms with E-state index in [4.69, 9.17) is 4.42 Å². The average molecular weight is 383 g/mol. The Morgan fingerprint density at radius 1 is 1.25 bits per heavy atom. The Hall–Kier alpha value is -2.87. The highest BCUT2D eigenvalue weighted by Crippen LogP contribution is 2.32. The molecule has 1 atom stereocenters. The van der Waals surface area contributed by atoms with Crippen LogP contribution >= 0.6 is 0 Å². The van der Waals surface area contributed by atoms with Crippen LogP contribution in [0, 0.1) is 0 Å². The first-order chi connectivity index (χ1) is 13.2. The van der Waals surface area contributed by atoms with Crippen LogP contribution in [0.5, 0.6) is 5.75 Å². The summed E-state index contributed by atoms with van der Waals surface area (Å²) >= 11 is 0. The van der Waals surface area contributed by atoms with Crippen LogP contribution in [-0.4, -0.2) is 44.5 Å². The number of aromatic hydroxyl groups is 1. The zero-order valence-corrected chi connectivity index (χ0v) is 16.6. The molecule has 3 heterocycles. The predicted molar refractivity (Wildman–Crippen MR) is 108 cm³/mol. The van der Waals surface area contributed by atoms with E-state index >= 15 is 0 Å². The topological polar surface area (TPSA) is 96.4 Å². The van der Waals surface area contributed by atoms with E-state index in [9.17, 15) is 9.90 Å². The maximum Gasteiger partial charge on any atom is 0.419 e. The molecule has 148 valence electrons. The number of nitrogens with one attached hydrogen (secondary N) is 1. The van der Waals surface area contributed by atoms with Gasteiger partial charge < -0.3 is 19.7 Å². The molecule has 2 N–H and O–H groups in total. The second kappa shape index (κ2) is 6.63. The molecule has 0 spiro atoms. The molecule has 0 amide bonds. The Kier molecular flexibility index (Phi) is 4.38. The van der Waals surface area contributed by atoms with Gasteiger partial charge in [0.2, 0.25) is 0 Å². The van der Waals surface area contributed by atoms with Crippen molar-refractivity contribution >= 4 is 16.9 Å². The smallest absolute Gasteiger partial charge is 0.419 e. The first kappa shape index (κ1) is 18.5. The van der Waals surface area contributed by atoms with Gasteiger partial charge in [0, 0.05) is 43.3 Å². The van der Waals surface area contributed by atoms with Gasteiger partial charge in [-0.2, -0.15) is 0 Å². The van der Waals surface area contributed by atoms with Crippen molar-refractivity contribution in [1.82, 2.24) is 20.1 Å². The lowest BCUT2D eigenvalue weighted by atomic mass is 10.1. The predicted octanol–water partition coefficient (Wildman–Crippen LogP) is 2.26. The Morgan fingerprint density at radius 3 is 2.71 bits per heavy atom. The molecular formula is C20H25N5O3. The third kappa shape index (κ3) is 3.47. The van der Waals surface area contributed by atoms with Gasteiger partial charge in [0.05, 0.1) is 11.2 Å². The highest BCUT2D eigenvalue weighted by atomic mass is 16.4. The van der Waals surface area contributed by atoms with Crippen molar-refractivity contribution in [2.24, 2.45) is 7.05 Å². The zero-order valence-electron chi connectivity index (χ0n) is 16.6. The highest BCUT2D eigenvalue weighted by Gasteiger charge is 2.26. The van der Waals surface area contributed by atoms with E-state index < -0.39 is 5.76 Å². The molecule has 4 rings (SSSR count). The molecule has 1 aliphatic heterocycles. The fourth-order valence-electron chi connectivity index (χ4n) is 3.70. The Balaban J connectivity index is 1.56. The summed E-state index contributed by atoms with van der Waals surface area (Å²) in [4.78, 5) is 13.9. The molecule has 1 fully saturated rings. The lowest BCUT2D eigenvalue weighted by molar-refractivity contribution is 0.373. The van der Waals surface area contributed by atoms with E-state index in [1.54, 1.807) is 13.1 Å². The fraction of sp³-hybridized carbons (Fsp3) is 0.450. The molecule has 2 aromatic heterocycles. The number of fused-ring (bicyclic) bond motifs is 1. The molecule has 0 aliphatic carbocycles. The number of phenolic OH excluding ortho intramolecular Hbond substituents is 1. The van der Waals surface area contributed by atoms with Crippen molar-refractivity contribution in [2.45, 2.75) is 38.8 Å². The van der Waals surface area contributed by atoms with Crippen LogP contribution in [0.3, 0.4) is 0 Å². The van der Waals surface area contributed by atoms with E-state index in [0.717, 1.165) is 25.3 Å². The number of aryl methyl sites for hydroxylation is 1. The van der Waals surface area contributed by atoms with Crippen LogP contribution in [0.25, 0.3) is 22.4 Å².